The first kappa shape index (κ1) is 15.1. The second kappa shape index (κ2) is 6.13. The summed E-state index contributed by atoms with van der Waals surface area (Å²) >= 11 is 0. The van der Waals surface area contributed by atoms with Gasteiger partial charge in [-0.25, -0.2) is 4.98 Å². The van der Waals surface area contributed by atoms with Crippen LogP contribution in [0.25, 0.3) is 33.7 Å². The summed E-state index contributed by atoms with van der Waals surface area (Å²) in [5.41, 5.74) is 5.65. The normalized spacial score (nSPS) is 12.5. The monoisotopic (exact) mass is 304 g/mol. The number of H-pyrrole nitrogens is 1. The number of aryl methyl sites for hydroxylation is 1. The zero-order valence-corrected chi connectivity index (χ0v) is 13.5. The van der Waals surface area contributed by atoms with Gasteiger partial charge in [-0.15, -0.1) is 0 Å². The molecule has 2 aromatic heterocycles. The molecule has 0 saturated carbocycles. The van der Waals surface area contributed by atoms with Crippen LogP contribution in [0, 0.1) is 6.92 Å². The number of hydrogen-bond acceptors (Lipinski definition) is 2. The fourth-order valence-electron chi connectivity index (χ4n) is 2.72. The van der Waals surface area contributed by atoms with Crippen molar-refractivity contribution in [2.45, 2.75) is 20.3 Å². The molecule has 0 unspecified atom stereocenters. The Kier molecular flexibility index (Phi) is 4.02. The number of nitrogens with one attached hydrogen (secondary N) is 1. The van der Waals surface area contributed by atoms with Crippen molar-refractivity contribution in [1.29, 1.82) is 0 Å². The van der Waals surface area contributed by atoms with Gasteiger partial charge in [-0.2, -0.15) is 0 Å². The zero-order valence-electron chi connectivity index (χ0n) is 13.5. The van der Waals surface area contributed by atoms with Crippen molar-refractivity contribution in [1.82, 2.24) is 9.97 Å². The molecule has 3 nitrogen and oxygen atoms in total. The number of nitrogens with zero attached hydrogens (tertiary/aromatic N) is 1. The summed E-state index contributed by atoms with van der Waals surface area (Å²) in [7, 11) is 0. The van der Waals surface area contributed by atoms with Crippen molar-refractivity contribution in [2.75, 3.05) is 0 Å². The Bertz CT molecular complexity index is 951. The number of benzene rings is 1. The van der Waals surface area contributed by atoms with E-state index >= 15 is 0 Å². The van der Waals surface area contributed by atoms with Gasteiger partial charge in [0.15, 0.2) is 5.58 Å². The SMILES string of the molecule is C=C/C(=C\C/C=C\C)c1nc2ccc3c(C)c(C=C)[nH]c3c2o1. The highest BCUT2D eigenvalue weighted by atomic mass is 16.3. The summed E-state index contributed by atoms with van der Waals surface area (Å²) in [6.07, 6.45) is 10.6. The van der Waals surface area contributed by atoms with Crippen molar-refractivity contribution in [3.05, 3.63) is 66.7 Å². The highest BCUT2D eigenvalue weighted by Crippen LogP contribution is 2.31. The van der Waals surface area contributed by atoms with E-state index in [1.165, 1.54) is 5.56 Å². The van der Waals surface area contributed by atoms with Gasteiger partial charge in [0.1, 0.15) is 5.52 Å². The average molecular weight is 304 g/mol. The van der Waals surface area contributed by atoms with Crippen molar-refractivity contribution >= 4 is 33.7 Å². The number of aromatic amines is 1. The lowest BCUT2D eigenvalue weighted by Crippen LogP contribution is -1.79. The third-order valence-corrected chi connectivity index (χ3v) is 4.01. The van der Waals surface area contributed by atoms with Crippen molar-refractivity contribution in [2.24, 2.45) is 0 Å². The van der Waals surface area contributed by atoms with Gasteiger partial charge >= 0.3 is 0 Å². The lowest BCUT2D eigenvalue weighted by atomic mass is 10.1. The van der Waals surface area contributed by atoms with E-state index in [1.807, 2.05) is 25.1 Å². The molecule has 0 spiro atoms. The number of allylic oxidation sites excluding steroid dienone is 5. The van der Waals surface area contributed by atoms with Crippen LogP contribution in [0.15, 0.2) is 54.0 Å². The largest absolute Gasteiger partial charge is 0.434 e. The van der Waals surface area contributed by atoms with Crippen molar-refractivity contribution in [3.8, 4) is 0 Å². The highest BCUT2D eigenvalue weighted by Gasteiger charge is 2.14. The lowest BCUT2D eigenvalue weighted by Gasteiger charge is -1.94. The van der Waals surface area contributed by atoms with Crippen LogP contribution in [0.5, 0.6) is 0 Å². The molecule has 23 heavy (non-hydrogen) atoms. The molecule has 0 aliphatic carbocycles. The van der Waals surface area contributed by atoms with E-state index in [4.69, 9.17) is 4.42 Å². The van der Waals surface area contributed by atoms with E-state index < -0.39 is 0 Å². The van der Waals surface area contributed by atoms with Gasteiger partial charge in [0, 0.05) is 16.7 Å². The maximum Gasteiger partial charge on any atom is 0.227 e. The number of hydrogen-bond donors (Lipinski definition) is 1. The Morgan fingerprint density at radius 3 is 2.87 bits per heavy atom. The van der Waals surface area contributed by atoms with Crippen molar-refractivity contribution in [3.63, 3.8) is 0 Å². The lowest BCUT2D eigenvalue weighted by molar-refractivity contribution is 0.588. The molecule has 0 fully saturated rings. The third kappa shape index (κ3) is 2.55. The van der Waals surface area contributed by atoms with Crippen LogP contribution in [0.3, 0.4) is 0 Å². The fourth-order valence-corrected chi connectivity index (χ4v) is 2.72. The molecule has 0 amide bonds. The molecule has 0 aliphatic heterocycles. The van der Waals surface area contributed by atoms with Gasteiger partial charge in [0.05, 0.1) is 5.52 Å². The van der Waals surface area contributed by atoms with Crippen molar-refractivity contribution < 1.29 is 4.42 Å². The first-order valence-corrected chi connectivity index (χ1v) is 7.68. The Morgan fingerprint density at radius 2 is 2.17 bits per heavy atom. The van der Waals surface area contributed by atoms with Crippen LogP contribution in [0.4, 0.5) is 0 Å². The first-order valence-electron chi connectivity index (χ1n) is 7.68. The number of oxazole rings is 1. The minimum Gasteiger partial charge on any atom is -0.434 e. The Labute approximate surface area is 135 Å². The minimum absolute atomic E-state index is 0.597. The van der Waals surface area contributed by atoms with Gasteiger partial charge in [-0.05, 0) is 38.0 Å². The average Bonchev–Trinajstić information content (AvgIpc) is 3.12. The molecular weight excluding hydrogens is 284 g/mol. The molecule has 3 aromatic rings. The predicted molar refractivity (Wildman–Crippen MR) is 98.3 cm³/mol. The fraction of sp³-hybridized carbons (Fsp3) is 0.150. The Morgan fingerprint density at radius 1 is 1.35 bits per heavy atom. The Balaban J connectivity index is 2.18. The van der Waals surface area contributed by atoms with Gasteiger partial charge in [-0.1, -0.05) is 43.5 Å². The van der Waals surface area contributed by atoms with E-state index in [-0.39, 0.29) is 0 Å². The van der Waals surface area contributed by atoms with E-state index in [9.17, 15) is 0 Å². The van der Waals surface area contributed by atoms with E-state index in [0.29, 0.717) is 5.89 Å². The molecule has 2 heterocycles. The summed E-state index contributed by atoms with van der Waals surface area (Å²) < 4.78 is 6.04. The summed E-state index contributed by atoms with van der Waals surface area (Å²) in [6.45, 7) is 11.8. The smallest absolute Gasteiger partial charge is 0.227 e. The molecule has 116 valence electrons. The van der Waals surface area contributed by atoms with E-state index in [2.05, 4.69) is 48.3 Å². The second-order valence-electron chi connectivity index (χ2n) is 5.39. The van der Waals surface area contributed by atoms with Gasteiger partial charge < -0.3 is 9.40 Å². The van der Waals surface area contributed by atoms with Gasteiger partial charge in [-0.3, -0.25) is 0 Å². The van der Waals surface area contributed by atoms with Gasteiger partial charge in [0.25, 0.3) is 0 Å². The first-order chi connectivity index (χ1) is 11.2. The van der Waals surface area contributed by atoms with Crippen LogP contribution in [-0.4, -0.2) is 9.97 Å². The van der Waals surface area contributed by atoms with E-state index in [1.54, 1.807) is 6.08 Å². The molecule has 3 heteroatoms. The van der Waals surface area contributed by atoms with Crippen LogP contribution >= 0.6 is 0 Å². The highest BCUT2D eigenvalue weighted by molar-refractivity contribution is 6.04. The van der Waals surface area contributed by atoms with Gasteiger partial charge in [0.2, 0.25) is 5.89 Å². The summed E-state index contributed by atoms with van der Waals surface area (Å²) in [5, 5.41) is 1.13. The molecule has 1 N–H and O–H groups in total. The predicted octanol–water partition coefficient (Wildman–Crippen LogP) is 5.80. The Hall–Kier alpha value is -2.81. The quantitative estimate of drug-likeness (QED) is 0.478. The standard InChI is InChI=1S/C20H20N2O/c1-5-8-9-10-14(6-2)20-22-17-12-11-15-13(4)16(7-3)21-18(15)19(17)23-20/h5-8,10-12,21H,2-3,9H2,1,4H3/b8-5-,14-10+. The zero-order chi connectivity index (χ0) is 16.4. The topological polar surface area (TPSA) is 41.8 Å². The summed E-state index contributed by atoms with van der Waals surface area (Å²) in [5.74, 6) is 0.597. The second-order valence-corrected chi connectivity index (χ2v) is 5.39. The number of aromatic nitrogens is 2. The maximum absolute atomic E-state index is 6.04. The van der Waals surface area contributed by atoms with Crippen LogP contribution in [0.1, 0.15) is 30.5 Å². The molecule has 0 bridgehead atoms. The molecule has 0 atom stereocenters. The molecule has 0 aliphatic rings. The summed E-state index contributed by atoms with van der Waals surface area (Å²) in [4.78, 5) is 7.97. The number of rotatable bonds is 5. The number of fused-ring (bicyclic) bond motifs is 3. The van der Waals surface area contributed by atoms with E-state index in [0.717, 1.165) is 39.7 Å². The molecular formula is C20H20N2O. The minimum atomic E-state index is 0.597. The van der Waals surface area contributed by atoms with Crippen LogP contribution in [-0.2, 0) is 0 Å². The maximum atomic E-state index is 6.04. The van der Waals surface area contributed by atoms with Crippen LogP contribution in [0.2, 0.25) is 0 Å². The molecule has 3 rings (SSSR count). The van der Waals surface area contributed by atoms with Crippen LogP contribution < -0.4 is 0 Å². The molecule has 0 radical (unpaired) electrons. The molecule has 1 aromatic carbocycles. The molecule has 0 saturated heterocycles. The third-order valence-electron chi connectivity index (χ3n) is 4.01. The summed E-state index contributed by atoms with van der Waals surface area (Å²) in [6, 6.07) is 4.06.